The smallest absolute Gasteiger partial charge is 0.230 e. The predicted molar refractivity (Wildman–Crippen MR) is 122 cm³/mol. The first-order valence-electron chi connectivity index (χ1n) is 9.65. The van der Waals surface area contributed by atoms with Crippen LogP contribution in [0.25, 0.3) is 10.6 Å². The average Bonchev–Trinajstić information content (AvgIpc) is 3.20. The molecule has 2 heterocycles. The Balaban J connectivity index is 1.36. The van der Waals surface area contributed by atoms with Gasteiger partial charge in [0.05, 0.1) is 36.0 Å². The molecule has 1 fully saturated rings. The molecule has 2 aromatic carbocycles. The van der Waals surface area contributed by atoms with Crippen molar-refractivity contribution >= 4 is 46.1 Å². The Labute approximate surface area is 189 Å². The highest BCUT2D eigenvalue weighted by molar-refractivity contribution is 7.13. The molecule has 156 valence electrons. The van der Waals surface area contributed by atoms with Gasteiger partial charge in [0.15, 0.2) is 0 Å². The molecule has 1 aliphatic rings. The maximum absolute atomic E-state index is 12.4. The lowest BCUT2D eigenvalue weighted by molar-refractivity contribution is -0.115. The van der Waals surface area contributed by atoms with Crippen molar-refractivity contribution in [1.29, 1.82) is 0 Å². The van der Waals surface area contributed by atoms with Crippen LogP contribution in [0.4, 0.5) is 5.69 Å². The number of hydrogen-bond donors (Lipinski definition) is 1. The van der Waals surface area contributed by atoms with E-state index in [1.54, 1.807) is 18.2 Å². The number of morpholine rings is 1. The van der Waals surface area contributed by atoms with E-state index in [-0.39, 0.29) is 12.3 Å². The summed E-state index contributed by atoms with van der Waals surface area (Å²) in [5.41, 5.74) is 3.55. The second kappa shape index (κ2) is 9.90. The first-order chi connectivity index (χ1) is 14.6. The van der Waals surface area contributed by atoms with E-state index in [1.165, 1.54) is 16.9 Å². The number of anilines is 1. The van der Waals surface area contributed by atoms with Gasteiger partial charge >= 0.3 is 0 Å². The van der Waals surface area contributed by atoms with Crippen molar-refractivity contribution in [3.63, 3.8) is 0 Å². The first-order valence-corrected chi connectivity index (χ1v) is 11.3. The standard InChI is InChI=1S/C22H21Cl2N3O2S/c23-17-5-6-19(24)20(11-17)26-21(28)12-18-14-30-22(25-18)16-3-1-15(2-4-16)13-27-7-9-29-10-8-27/h1-6,11,14H,7-10,12-13H2,(H,26,28). The van der Waals surface area contributed by atoms with Gasteiger partial charge in [0.2, 0.25) is 5.91 Å². The Morgan fingerprint density at radius 2 is 1.90 bits per heavy atom. The van der Waals surface area contributed by atoms with E-state index in [4.69, 9.17) is 27.9 Å². The van der Waals surface area contributed by atoms with Gasteiger partial charge in [-0.15, -0.1) is 11.3 Å². The summed E-state index contributed by atoms with van der Waals surface area (Å²) in [5, 5.41) is 6.57. The fourth-order valence-corrected chi connectivity index (χ4v) is 4.41. The fourth-order valence-electron chi connectivity index (χ4n) is 3.24. The zero-order valence-electron chi connectivity index (χ0n) is 16.2. The number of rotatable bonds is 6. The first kappa shape index (κ1) is 21.3. The van der Waals surface area contributed by atoms with E-state index in [0.717, 1.165) is 49.1 Å². The van der Waals surface area contributed by atoms with Crippen LogP contribution in [0.15, 0.2) is 47.8 Å². The molecule has 30 heavy (non-hydrogen) atoms. The second-order valence-corrected chi connectivity index (χ2v) is 8.78. The number of halogens is 2. The molecule has 0 spiro atoms. The summed E-state index contributed by atoms with van der Waals surface area (Å²) in [5.74, 6) is -0.183. The van der Waals surface area contributed by atoms with Crippen molar-refractivity contribution in [2.75, 3.05) is 31.6 Å². The zero-order valence-corrected chi connectivity index (χ0v) is 18.6. The Bertz CT molecular complexity index is 1020. The number of thiazole rings is 1. The highest BCUT2D eigenvalue weighted by Crippen LogP contribution is 2.27. The number of aromatic nitrogens is 1. The van der Waals surface area contributed by atoms with Gasteiger partial charge in [-0.25, -0.2) is 4.98 Å². The van der Waals surface area contributed by atoms with Crippen molar-refractivity contribution in [2.24, 2.45) is 0 Å². The van der Waals surface area contributed by atoms with Crippen LogP contribution in [0.2, 0.25) is 10.0 Å². The number of nitrogens with one attached hydrogen (secondary N) is 1. The fraction of sp³-hybridized carbons (Fsp3) is 0.273. The minimum absolute atomic E-state index is 0.175. The molecular weight excluding hydrogens is 441 g/mol. The summed E-state index contributed by atoms with van der Waals surface area (Å²) in [4.78, 5) is 19.4. The predicted octanol–water partition coefficient (Wildman–Crippen LogP) is 5.13. The van der Waals surface area contributed by atoms with E-state index in [1.807, 2.05) is 5.38 Å². The molecule has 0 saturated carbocycles. The number of amides is 1. The van der Waals surface area contributed by atoms with Gasteiger partial charge in [-0.3, -0.25) is 9.69 Å². The summed E-state index contributed by atoms with van der Waals surface area (Å²) < 4.78 is 5.40. The number of benzene rings is 2. The Morgan fingerprint density at radius 1 is 1.13 bits per heavy atom. The summed E-state index contributed by atoms with van der Waals surface area (Å²) in [7, 11) is 0. The van der Waals surface area contributed by atoms with Crippen molar-refractivity contribution < 1.29 is 9.53 Å². The second-order valence-electron chi connectivity index (χ2n) is 7.08. The molecule has 1 amide bonds. The maximum atomic E-state index is 12.4. The number of hydrogen-bond acceptors (Lipinski definition) is 5. The Kier molecular flexibility index (Phi) is 7.02. The van der Waals surface area contributed by atoms with Crippen LogP contribution in [0, 0.1) is 0 Å². The lowest BCUT2D eigenvalue weighted by Gasteiger charge is -2.26. The lowest BCUT2D eigenvalue weighted by Crippen LogP contribution is -2.35. The van der Waals surface area contributed by atoms with Crippen molar-refractivity contribution in [2.45, 2.75) is 13.0 Å². The molecule has 0 unspecified atom stereocenters. The molecule has 0 atom stereocenters. The number of carbonyl (C=O) groups is 1. The molecule has 3 aromatic rings. The molecule has 4 rings (SSSR count). The SMILES string of the molecule is O=C(Cc1csc(-c2ccc(CN3CCOCC3)cc2)n1)Nc1cc(Cl)ccc1Cl. The van der Waals surface area contributed by atoms with Gasteiger partial charge in [-0.2, -0.15) is 0 Å². The minimum Gasteiger partial charge on any atom is -0.379 e. The van der Waals surface area contributed by atoms with Crippen molar-refractivity contribution in [3.05, 3.63) is 69.1 Å². The Hall–Kier alpha value is -1.96. The summed E-state index contributed by atoms with van der Waals surface area (Å²) in [6.07, 6.45) is 0.175. The average molecular weight is 462 g/mol. The van der Waals surface area contributed by atoms with Crippen molar-refractivity contribution in [1.82, 2.24) is 9.88 Å². The lowest BCUT2D eigenvalue weighted by atomic mass is 10.1. The van der Waals surface area contributed by atoms with Crippen LogP contribution < -0.4 is 5.32 Å². The molecule has 0 aliphatic carbocycles. The van der Waals surface area contributed by atoms with Gasteiger partial charge < -0.3 is 10.1 Å². The van der Waals surface area contributed by atoms with Gasteiger partial charge in [-0.1, -0.05) is 47.5 Å². The van der Waals surface area contributed by atoms with E-state index >= 15 is 0 Å². The van der Waals surface area contributed by atoms with E-state index in [9.17, 15) is 4.79 Å². The van der Waals surface area contributed by atoms with E-state index in [2.05, 4.69) is 39.5 Å². The molecule has 5 nitrogen and oxygen atoms in total. The minimum atomic E-state index is -0.183. The molecule has 0 bridgehead atoms. The van der Waals surface area contributed by atoms with Crippen molar-refractivity contribution in [3.8, 4) is 10.6 Å². The van der Waals surface area contributed by atoms with Gasteiger partial charge in [-0.05, 0) is 23.8 Å². The quantitative estimate of drug-likeness (QED) is 0.552. The molecule has 1 N–H and O–H groups in total. The zero-order chi connectivity index (χ0) is 20.9. The monoisotopic (exact) mass is 461 g/mol. The third-order valence-electron chi connectivity index (χ3n) is 4.81. The number of carbonyl (C=O) groups excluding carboxylic acids is 1. The van der Waals surface area contributed by atoms with Crippen LogP contribution >= 0.6 is 34.5 Å². The third kappa shape index (κ3) is 5.59. The molecule has 0 radical (unpaired) electrons. The normalized spacial score (nSPS) is 14.6. The highest BCUT2D eigenvalue weighted by Gasteiger charge is 2.13. The number of ether oxygens (including phenoxy) is 1. The van der Waals surface area contributed by atoms with Crippen LogP contribution in [-0.4, -0.2) is 42.1 Å². The van der Waals surface area contributed by atoms with Crippen LogP contribution in [0.3, 0.4) is 0 Å². The largest absolute Gasteiger partial charge is 0.379 e. The summed E-state index contributed by atoms with van der Waals surface area (Å²) in [6.45, 7) is 4.48. The number of nitrogens with zero attached hydrogens (tertiary/aromatic N) is 2. The van der Waals surface area contributed by atoms with Gasteiger partial charge in [0.25, 0.3) is 0 Å². The van der Waals surface area contributed by atoms with E-state index in [0.29, 0.717) is 15.7 Å². The molecular formula is C22H21Cl2N3O2S. The molecule has 1 aromatic heterocycles. The summed E-state index contributed by atoms with van der Waals surface area (Å²) in [6, 6.07) is 13.4. The maximum Gasteiger partial charge on any atom is 0.230 e. The van der Waals surface area contributed by atoms with Crippen LogP contribution in [0.1, 0.15) is 11.3 Å². The van der Waals surface area contributed by atoms with E-state index < -0.39 is 0 Å². The topological polar surface area (TPSA) is 54.5 Å². The van der Waals surface area contributed by atoms with Crippen LogP contribution in [-0.2, 0) is 22.5 Å². The Morgan fingerprint density at radius 3 is 2.67 bits per heavy atom. The molecule has 8 heteroatoms. The summed E-state index contributed by atoms with van der Waals surface area (Å²) >= 11 is 13.6. The van der Waals surface area contributed by atoms with Gasteiger partial charge in [0.1, 0.15) is 5.01 Å². The van der Waals surface area contributed by atoms with Gasteiger partial charge in [0, 0.05) is 35.6 Å². The highest BCUT2D eigenvalue weighted by atomic mass is 35.5. The van der Waals surface area contributed by atoms with Crippen LogP contribution in [0.5, 0.6) is 0 Å². The molecule has 1 saturated heterocycles. The third-order valence-corrected chi connectivity index (χ3v) is 6.31. The molecule has 1 aliphatic heterocycles.